The fourth-order valence-corrected chi connectivity index (χ4v) is 4.45. The van der Waals surface area contributed by atoms with E-state index in [-0.39, 0.29) is 18.7 Å². The van der Waals surface area contributed by atoms with Gasteiger partial charge in [0, 0.05) is 23.2 Å². The Labute approximate surface area is 211 Å². The third kappa shape index (κ3) is 5.94. The van der Waals surface area contributed by atoms with Crippen LogP contribution in [-0.2, 0) is 4.79 Å². The van der Waals surface area contributed by atoms with E-state index in [0.717, 1.165) is 17.0 Å². The molecule has 0 saturated carbocycles. The fourth-order valence-electron chi connectivity index (χ4n) is 4.33. The van der Waals surface area contributed by atoms with Crippen LogP contribution in [0.1, 0.15) is 24.5 Å². The lowest BCUT2D eigenvalue weighted by molar-refractivity contribution is -0.112. The van der Waals surface area contributed by atoms with Crippen molar-refractivity contribution in [2.45, 2.75) is 25.4 Å². The number of nitrogens with two attached hydrogens (primary N) is 1. The Bertz CT molecular complexity index is 1210. The van der Waals surface area contributed by atoms with Crippen LogP contribution < -0.4 is 10.5 Å². The summed E-state index contributed by atoms with van der Waals surface area (Å²) < 4.78 is 6.12. The van der Waals surface area contributed by atoms with E-state index in [1.165, 1.54) is 5.57 Å². The Kier molecular flexibility index (Phi) is 7.91. The van der Waals surface area contributed by atoms with Gasteiger partial charge in [0.2, 0.25) is 5.91 Å². The standard InChI is InChI=1S/C29H29ClN2O3/c1-20(16-17-33)32-25(13-10-23-4-2-3-5-28(23)32)19-35-26-14-6-21(7-15-26)18-27(29(31)34)22-8-11-24(30)12-9-22/h2-15,18,20,28,33H,16-17,19H2,1H3,(H2,31,34). The van der Waals surface area contributed by atoms with Crippen LogP contribution in [0.2, 0.25) is 5.02 Å². The number of carbonyl (C=O) groups is 1. The first-order valence-corrected chi connectivity index (χ1v) is 12.0. The number of primary amides is 1. The van der Waals surface area contributed by atoms with E-state index in [2.05, 4.69) is 42.2 Å². The third-order valence-electron chi connectivity index (χ3n) is 6.15. The van der Waals surface area contributed by atoms with E-state index >= 15 is 0 Å². The van der Waals surface area contributed by atoms with Crippen LogP contribution in [0.3, 0.4) is 0 Å². The summed E-state index contributed by atoms with van der Waals surface area (Å²) in [6.45, 7) is 2.66. The molecule has 0 spiro atoms. The molecule has 0 saturated heterocycles. The Morgan fingerprint density at radius 3 is 2.57 bits per heavy atom. The number of carbonyl (C=O) groups excluding carboxylic acids is 1. The monoisotopic (exact) mass is 488 g/mol. The molecule has 4 rings (SSSR count). The van der Waals surface area contributed by atoms with Crippen molar-refractivity contribution in [1.82, 2.24) is 4.90 Å². The van der Waals surface area contributed by atoms with Crippen molar-refractivity contribution in [3.63, 3.8) is 0 Å². The zero-order valence-corrected chi connectivity index (χ0v) is 20.4. The molecule has 2 aliphatic rings. The average Bonchev–Trinajstić information content (AvgIpc) is 2.87. The van der Waals surface area contributed by atoms with E-state index in [9.17, 15) is 9.90 Å². The number of amides is 1. The molecule has 2 atom stereocenters. The molecule has 2 aromatic carbocycles. The van der Waals surface area contributed by atoms with Crippen molar-refractivity contribution in [3.8, 4) is 5.75 Å². The average molecular weight is 489 g/mol. The van der Waals surface area contributed by atoms with Crippen LogP contribution in [-0.4, -0.2) is 41.2 Å². The van der Waals surface area contributed by atoms with Crippen molar-refractivity contribution in [2.75, 3.05) is 13.2 Å². The molecular weight excluding hydrogens is 460 g/mol. The van der Waals surface area contributed by atoms with Gasteiger partial charge in [0.05, 0.1) is 11.7 Å². The minimum absolute atomic E-state index is 0.134. The molecule has 1 aliphatic heterocycles. The molecule has 0 radical (unpaired) electrons. The van der Waals surface area contributed by atoms with Gasteiger partial charge in [-0.15, -0.1) is 0 Å². The fraction of sp³-hybridized carbons (Fsp3) is 0.207. The van der Waals surface area contributed by atoms with Crippen LogP contribution in [0, 0.1) is 0 Å². The number of aliphatic hydroxyl groups is 1. The van der Waals surface area contributed by atoms with Gasteiger partial charge in [-0.3, -0.25) is 4.79 Å². The predicted octanol–water partition coefficient (Wildman–Crippen LogP) is 5.14. The van der Waals surface area contributed by atoms with Crippen molar-refractivity contribution in [3.05, 3.63) is 112 Å². The van der Waals surface area contributed by atoms with E-state index < -0.39 is 5.91 Å². The maximum Gasteiger partial charge on any atom is 0.249 e. The summed E-state index contributed by atoms with van der Waals surface area (Å²) in [5, 5.41) is 10.1. The molecule has 6 heteroatoms. The molecule has 1 amide bonds. The summed E-state index contributed by atoms with van der Waals surface area (Å²) >= 11 is 5.96. The second-order valence-electron chi connectivity index (χ2n) is 8.57. The van der Waals surface area contributed by atoms with Crippen LogP contribution in [0.4, 0.5) is 0 Å². The van der Waals surface area contributed by atoms with Crippen molar-refractivity contribution in [2.24, 2.45) is 5.73 Å². The molecule has 5 nitrogen and oxygen atoms in total. The van der Waals surface area contributed by atoms with Gasteiger partial charge in [-0.2, -0.15) is 0 Å². The summed E-state index contributed by atoms with van der Waals surface area (Å²) in [5.74, 6) is 0.215. The minimum atomic E-state index is -0.506. The van der Waals surface area contributed by atoms with Crippen LogP contribution in [0.25, 0.3) is 11.6 Å². The molecule has 2 aromatic rings. The maximum atomic E-state index is 12.0. The van der Waals surface area contributed by atoms with Gasteiger partial charge in [-0.05, 0) is 66.5 Å². The number of ether oxygens (including phenoxy) is 1. The Hall–Kier alpha value is -3.54. The lowest BCUT2D eigenvalue weighted by atomic mass is 9.94. The van der Waals surface area contributed by atoms with Crippen LogP contribution in [0.5, 0.6) is 5.75 Å². The summed E-state index contributed by atoms with van der Waals surface area (Å²) in [7, 11) is 0. The van der Waals surface area contributed by atoms with Crippen molar-refractivity contribution in [1.29, 1.82) is 0 Å². The topological polar surface area (TPSA) is 75.8 Å². The first-order chi connectivity index (χ1) is 17.0. The quantitative estimate of drug-likeness (QED) is 0.378. The minimum Gasteiger partial charge on any atom is -0.487 e. The zero-order valence-electron chi connectivity index (χ0n) is 19.6. The number of nitrogens with zero attached hydrogens (tertiary/aromatic N) is 1. The van der Waals surface area contributed by atoms with E-state index in [1.807, 2.05) is 30.3 Å². The molecule has 2 unspecified atom stereocenters. The molecule has 0 aromatic heterocycles. The predicted molar refractivity (Wildman–Crippen MR) is 142 cm³/mol. The van der Waals surface area contributed by atoms with Crippen LogP contribution >= 0.6 is 11.6 Å². The lowest BCUT2D eigenvalue weighted by Crippen LogP contribution is -2.44. The summed E-state index contributed by atoms with van der Waals surface area (Å²) in [6, 6.07) is 14.8. The van der Waals surface area contributed by atoms with Gasteiger partial charge in [-0.25, -0.2) is 0 Å². The molecule has 180 valence electrons. The highest BCUT2D eigenvalue weighted by Crippen LogP contribution is 2.30. The lowest BCUT2D eigenvalue weighted by Gasteiger charge is -2.41. The summed E-state index contributed by atoms with van der Waals surface area (Å²) in [4.78, 5) is 14.3. The number of hydrogen-bond donors (Lipinski definition) is 2. The molecule has 3 N–H and O–H groups in total. The largest absolute Gasteiger partial charge is 0.487 e. The number of halogens is 1. The highest BCUT2D eigenvalue weighted by Gasteiger charge is 2.29. The number of rotatable bonds is 9. The Balaban J connectivity index is 1.48. The SMILES string of the molecule is CC(CCO)N1C(COc2ccc(C=C(C(N)=O)c3ccc(Cl)cc3)cc2)=CC=C2C=CC=CC21. The number of aliphatic hydroxyl groups excluding tert-OH is 1. The second kappa shape index (κ2) is 11.3. The Morgan fingerprint density at radius 2 is 1.89 bits per heavy atom. The van der Waals surface area contributed by atoms with E-state index in [1.54, 1.807) is 30.3 Å². The van der Waals surface area contributed by atoms with Gasteiger partial charge >= 0.3 is 0 Å². The number of benzene rings is 2. The number of allylic oxidation sites excluding steroid dienone is 4. The van der Waals surface area contributed by atoms with Gasteiger partial charge < -0.3 is 20.5 Å². The maximum absolute atomic E-state index is 12.0. The van der Waals surface area contributed by atoms with Crippen molar-refractivity contribution >= 4 is 29.2 Å². The zero-order chi connectivity index (χ0) is 24.8. The molecular formula is C29H29ClN2O3. The third-order valence-corrected chi connectivity index (χ3v) is 6.41. The normalized spacial score (nSPS) is 18.0. The van der Waals surface area contributed by atoms with Gasteiger partial charge in [-0.1, -0.05) is 66.2 Å². The first-order valence-electron chi connectivity index (χ1n) is 11.6. The molecule has 1 heterocycles. The van der Waals surface area contributed by atoms with Crippen molar-refractivity contribution < 1.29 is 14.6 Å². The first kappa shape index (κ1) is 24.6. The molecule has 0 bridgehead atoms. The molecule has 1 aliphatic carbocycles. The van der Waals surface area contributed by atoms with E-state index in [4.69, 9.17) is 22.1 Å². The summed E-state index contributed by atoms with van der Waals surface area (Å²) in [6.07, 6.45) is 15.0. The second-order valence-corrected chi connectivity index (χ2v) is 9.01. The molecule has 35 heavy (non-hydrogen) atoms. The summed E-state index contributed by atoms with van der Waals surface area (Å²) in [5.41, 5.74) is 9.86. The number of fused-ring (bicyclic) bond motifs is 1. The van der Waals surface area contributed by atoms with Gasteiger partial charge in [0.15, 0.2) is 0 Å². The van der Waals surface area contributed by atoms with Gasteiger partial charge in [0.1, 0.15) is 12.4 Å². The highest BCUT2D eigenvalue weighted by molar-refractivity contribution is 6.30. The van der Waals surface area contributed by atoms with Gasteiger partial charge in [0.25, 0.3) is 0 Å². The smallest absolute Gasteiger partial charge is 0.249 e. The van der Waals surface area contributed by atoms with Crippen LogP contribution in [0.15, 0.2) is 96.3 Å². The van der Waals surface area contributed by atoms with E-state index in [0.29, 0.717) is 29.2 Å². The number of hydrogen-bond acceptors (Lipinski definition) is 4. The highest BCUT2D eigenvalue weighted by atomic mass is 35.5. The Morgan fingerprint density at radius 1 is 1.14 bits per heavy atom. The molecule has 0 fully saturated rings.